The van der Waals surface area contributed by atoms with Crippen LogP contribution in [0, 0.1) is 0 Å². The maximum Gasteiger partial charge on any atom is 0.239 e. The van der Waals surface area contributed by atoms with E-state index >= 15 is 0 Å². The summed E-state index contributed by atoms with van der Waals surface area (Å²) < 4.78 is 0. The summed E-state index contributed by atoms with van der Waals surface area (Å²) in [7, 11) is 1.84. The number of likely N-dealkylation sites (tertiary alicyclic amines) is 1. The standard InChI is InChI=1S/C12H17N3O/c1-13-11-5-3-7-15(12(11)16)9-10-4-2-6-14-8-10/h2,4,6,8,11,13H,3,5,7,9H2,1H3. The molecule has 0 saturated carbocycles. The average Bonchev–Trinajstić information content (AvgIpc) is 2.33. The van der Waals surface area contributed by atoms with E-state index in [1.165, 1.54) is 0 Å². The number of carbonyl (C=O) groups is 1. The molecular formula is C12H17N3O. The number of aromatic nitrogens is 1. The lowest BCUT2D eigenvalue weighted by molar-refractivity contribution is -0.136. The summed E-state index contributed by atoms with van der Waals surface area (Å²) in [6.07, 6.45) is 5.57. The summed E-state index contributed by atoms with van der Waals surface area (Å²) in [5.41, 5.74) is 1.09. The summed E-state index contributed by atoms with van der Waals surface area (Å²) in [6.45, 7) is 1.52. The molecule has 1 aromatic heterocycles. The van der Waals surface area contributed by atoms with Gasteiger partial charge in [0.2, 0.25) is 5.91 Å². The summed E-state index contributed by atoms with van der Waals surface area (Å²) >= 11 is 0. The zero-order valence-corrected chi connectivity index (χ0v) is 9.52. The smallest absolute Gasteiger partial charge is 0.239 e. The predicted molar refractivity (Wildman–Crippen MR) is 61.7 cm³/mol. The summed E-state index contributed by atoms with van der Waals surface area (Å²) in [5, 5.41) is 3.06. The van der Waals surface area contributed by atoms with Crippen molar-refractivity contribution in [1.82, 2.24) is 15.2 Å². The SMILES string of the molecule is CNC1CCCN(Cc2cccnc2)C1=O. The highest BCUT2D eigenvalue weighted by Crippen LogP contribution is 2.14. The Labute approximate surface area is 95.7 Å². The number of hydrogen-bond acceptors (Lipinski definition) is 3. The lowest BCUT2D eigenvalue weighted by atomic mass is 10.0. The van der Waals surface area contributed by atoms with Crippen molar-refractivity contribution in [2.45, 2.75) is 25.4 Å². The Morgan fingerprint density at radius 2 is 2.50 bits per heavy atom. The van der Waals surface area contributed by atoms with Gasteiger partial charge < -0.3 is 10.2 Å². The first-order valence-electron chi connectivity index (χ1n) is 5.66. The van der Waals surface area contributed by atoms with Crippen molar-refractivity contribution in [2.24, 2.45) is 0 Å². The first-order valence-corrected chi connectivity index (χ1v) is 5.66. The number of nitrogens with one attached hydrogen (secondary N) is 1. The molecule has 0 spiro atoms. The van der Waals surface area contributed by atoms with Crippen LogP contribution in [0.2, 0.25) is 0 Å². The average molecular weight is 219 g/mol. The van der Waals surface area contributed by atoms with Crippen LogP contribution in [0.15, 0.2) is 24.5 Å². The number of amides is 1. The van der Waals surface area contributed by atoms with E-state index in [9.17, 15) is 4.79 Å². The molecule has 1 saturated heterocycles. The van der Waals surface area contributed by atoms with Gasteiger partial charge in [0, 0.05) is 25.5 Å². The molecule has 1 aliphatic rings. The number of likely N-dealkylation sites (N-methyl/N-ethyl adjacent to an activating group) is 1. The van der Waals surface area contributed by atoms with Gasteiger partial charge in [-0.3, -0.25) is 9.78 Å². The minimum Gasteiger partial charge on any atom is -0.337 e. The normalized spacial score (nSPS) is 21.2. The van der Waals surface area contributed by atoms with Crippen molar-refractivity contribution in [2.75, 3.05) is 13.6 Å². The molecule has 1 amide bonds. The Morgan fingerprint density at radius 1 is 1.62 bits per heavy atom. The number of rotatable bonds is 3. The Bertz CT molecular complexity index is 353. The van der Waals surface area contributed by atoms with Crippen LogP contribution in [-0.4, -0.2) is 35.4 Å². The molecule has 4 heteroatoms. The summed E-state index contributed by atoms with van der Waals surface area (Å²) in [4.78, 5) is 18.0. The lowest BCUT2D eigenvalue weighted by Crippen LogP contribution is -2.49. The van der Waals surface area contributed by atoms with Gasteiger partial charge in [-0.1, -0.05) is 6.07 Å². The van der Waals surface area contributed by atoms with E-state index in [0.29, 0.717) is 6.54 Å². The monoisotopic (exact) mass is 219 g/mol. The molecule has 2 heterocycles. The zero-order chi connectivity index (χ0) is 11.4. The molecule has 0 aromatic carbocycles. The maximum absolute atomic E-state index is 12.0. The first kappa shape index (κ1) is 11.1. The van der Waals surface area contributed by atoms with Crippen molar-refractivity contribution in [3.8, 4) is 0 Å². The third kappa shape index (κ3) is 2.39. The highest BCUT2D eigenvalue weighted by molar-refractivity contribution is 5.82. The molecule has 16 heavy (non-hydrogen) atoms. The Morgan fingerprint density at radius 3 is 3.19 bits per heavy atom. The van der Waals surface area contributed by atoms with E-state index in [1.807, 2.05) is 30.3 Å². The molecule has 0 bridgehead atoms. The van der Waals surface area contributed by atoms with Crippen molar-refractivity contribution in [3.05, 3.63) is 30.1 Å². The molecule has 1 aliphatic heterocycles. The fourth-order valence-electron chi connectivity index (χ4n) is 2.08. The van der Waals surface area contributed by atoms with Crippen LogP contribution in [0.1, 0.15) is 18.4 Å². The van der Waals surface area contributed by atoms with Crippen LogP contribution in [0.5, 0.6) is 0 Å². The molecule has 0 radical (unpaired) electrons. The van der Waals surface area contributed by atoms with Crippen LogP contribution < -0.4 is 5.32 Å². The highest BCUT2D eigenvalue weighted by Gasteiger charge is 2.27. The second kappa shape index (κ2) is 5.07. The van der Waals surface area contributed by atoms with E-state index in [0.717, 1.165) is 24.9 Å². The van der Waals surface area contributed by atoms with E-state index in [2.05, 4.69) is 10.3 Å². The van der Waals surface area contributed by atoms with Crippen LogP contribution in [0.25, 0.3) is 0 Å². The molecule has 0 aliphatic carbocycles. The zero-order valence-electron chi connectivity index (χ0n) is 9.52. The van der Waals surface area contributed by atoms with Crippen molar-refractivity contribution < 1.29 is 4.79 Å². The molecule has 2 rings (SSSR count). The van der Waals surface area contributed by atoms with Gasteiger partial charge in [0.25, 0.3) is 0 Å². The van der Waals surface area contributed by atoms with E-state index in [4.69, 9.17) is 0 Å². The quantitative estimate of drug-likeness (QED) is 0.817. The summed E-state index contributed by atoms with van der Waals surface area (Å²) in [6, 6.07) is 3.90. The molecule has 1 aromatic rings. The van der Waals surface area contributed by atoms with Gasteiger partial charge in [0.1, 0.15) is 0 Å². The number of carbonyl (C=O) groups excluding carboxylic acids is 1. The van der Waals surface area contributed by atoms with Crippen LogP contribution in [-0.2, 0) is 11.3 Å². The molecule has 4 nitrogen and oxygen atoms in total. The number of piperidine rings is 1. The fraction of sp³-hybridized carbons (Fsp3) is 0.500. The largest absolute Gasteiger partial charge is 0.337 e. The third-order valence-corrected chi connectivity index (χ3v) is 2.98. The minimum atomic E-state index is -0.00887. The van der Waals surface area contributed by atoms with Crippen LogP contribution in [0.3, 0.4) is 0 Å². The number of hydrogen-bond donors (Lipinski definition) is 1. The second-order valence-corrected chi connectivity index (χ2v) is 4.10. The van der Waals surface area contributed by atoms with Gasteiger partial charge in [0.15, 0.2) is 0 Å². The molecule has 1 atom stereocenters. The fourth-order valence-corrected chi connectivity index (χ4v) is 2.08. The molecule has 1 unspecified atom stereocenters. The van der Waals surface area contributed by atoms with E-state index < -0.39 is 0 Å². The first-order chi connectivity index (χ1) is 7.81. The van der Waals surface area contributed by atoms with E-state index in [-0.39, 0.29) is 11.9 Å². The van der Waals surface area contributed by atoms with Gasteiger partial charge >= 0.3 is 0 Å². The Kier molecular flexibility index (Phi) is 3.51. The Balaban J connectivity index is 2.02. The molecule has 1 fully saturated rings. The van der Waals surface area contributed by atoms with Gasteiger partial charge in [-0.15, -0.1) is 0 Å². The second-order valence-electron chi connectivity index (χ2n) is 4.10. The van der Waals surface area contributed by atoms with Crippen LogP contribution in [0.4, 0.5) is 0 Å². The van der Waals surface area contributed by atoms with Crippen molar-refractivity contribution in [3.63, 3.8) is 0 Å². The predicted octanol–water partition coefficient (Wildman–Crippen LogP) is 0.792. The topological polar surface area (TPSA) is 45.2 Å². The highest BCUT2D eigenvalue weighted by atomic mass is 16.2. The molecule has 1 N–H and O–H groups in total. The van der Waals surface area contributed by atoms with Crippen LogP contribution >= 0.6 is 0 Å². The van der Waals surface area contributed by atoms with Gasteiger partial charge in [0.05, 0.1) is 6.04 Å². The van der Waals surface area contributed by atoms with Gasteiger partial charge in [-0.05, 0) is 31.5 Å². The van der Waals surface area contributed by atoms with Crippen molar-refractivity contribution >= 4 is 5.91 Å². The Hall–Kier alpha value is -1.42. The third-order valence-electron chi connectivity index (χ3n) is 2.98. The van der Waals surface area contributed by atoms with E-state index in [1.54, 1.807) is 6.20 Å². The molecular weight excluding hydrogens is 202 g/mol. The molecule has 86 valence electrons. The number of pyridine rings is 1. The van der Waals surface area contributed by atoms with Crippen molar-refractivity contribution in [1.29, 1.82) is 0 Å². The van der Waals surface area contributed by atoms with Gasteiger partial charge in [-0.2, -0.15) is 0 Å². The van der Waals surface area contributed by atoms with Gasteiger partial charge in [-0.25, -0.2) is 0 Å². The minimum absolute atomic E-state index is 0.00887. The lowest BCUT2D eigenvalue weighted by Gasteiger charge is -2.32. The maximum atomic E-state index is 12.0. The summed E-state index contributed by atoms with van der Waals surface area (Å²) in [5.74, 6) is 0.206. The number of nitrogens with zero attached hydrogens (tertiary/aromatic N) is 2.